The summed E-state index contributed by atoms with van der Waals surface area (Å²) in [7, 11) is 0. The zero-order chi connectivity index (χ0) is 11.5. The molecule has 0 aromatic rings. The van der Waals surface area contributed by atoms with E-state index in [0.29, 0.717) is 0 Å². The van der Waals surface area contributed by atoms with Crippen molar-refractivity contribution in [3.63, 3.8) is 0 Å². The molecular formula is C6H12Cl2O6. The van der Waals surface area contributed by atoms with Crippen LogP contribution in [0.25, 0.3) is 0 Å². The summed E-state index contributed by atoms with van der Waals surface area (Å²) in [5.41, 5.74) is -3.61. The van der Waals surface area contributed by atoms with Crippen LogP contribution in [0.3, 0.4) is 0 Å². The van der Waals surface area contributed by atoms with Gasteiger partial charge in [0.25, 0.3) is 0 Å². The lowest BCUT2D eigenvalue weighted by Gasteiger charge is -2.27. The maximum atomic E-state index is 9.10. The Morgan fingerprint density at radius 3 is 0.857 bits per heavy atom. The number of halogens is 2. The highest BCUT2D eigenvalue weighted by atomic mass is 35.5. The molecule has 6 atom stereocenters. The molecule has 0 fully saturated rings. The van der Waals surface area contributed by atoms with E-state index in [1.807, 2.05) is 0 Å². The molecule has 0 rings (SSSR count). The number of rotatable bonds is 5. The standard InChI is InChI=1S/C6H12Cl2O6/c7-5(13)3(11)1(9)2(10)4(12)6(8)14/h1-6,9-14H/t1-,2+,3-,4-,5+,6+/m1/s1. The highest BCUT2D eigenvalue weighted by Crippen LogP contribution is 2.13. The molecule has 8 heteroatoms. The number of hydrogen-bond acceptors (Lipinski definition) is 6. The number of aliphatic hydroxyl groups is 6. The Morgan fingerprint density at radius 1 is 0.500 bits per heavy atom. The van der Waals surface area contributed by atoms with Crippen LogP contribution in [-0.2, 0) is 0 Å². The van der Waals surface area contributed by atoms with Crippen molar-refractivity contribution in [2.75, 3.05) is 0 Å². The molecule has 0 aliphatic carbocycles. The summed E-state index contributed by atoms with van der Waals surface area (Å²) in [5, 5.41) is 53.4. The second-order valence-corrected chi connectivity index (χ2v) is 3.60. The molecule has 0 saturated heterocycles. The fourth-order valence-corrected chi connectivity index (χ4v) is 1.03. The van der Waals surface area contributed by atoms with Crippen LogP contribution in [0.15, 0.2) is 0 Å². The van der Waals surface area contributed by atoms with Crippen LogP contribution in [0.2, 0.25) is 0 Å². The van der Waals surface area contributed by atoms with Gasteiger partial charge < -0.3 is 30.6 Å². The summed E-state index contributed by atoms with van der Waals surface area (Å²) >= 11 is 10.0. The van der Waals surface area contributed by atoms with Crippen LogP contribution in [0.5, 0.6) is 0 Å². The average Bonchev–Trinajstić information content (AvgIpc) is 2.12. The van der Waals surface area contributed by atoms with Gasteiger partial charge in [0.1, 0.15) is 24.4 Å². The van der Waals surface area contributed by atoms with E-state index in [1.54, 1.807) is 0 Å². The van der Waals surface area contributed by atoms with Crippen molar-refractivity contribution in [3.8, 4) is 0 Å². The summed E-state index contributed by atoms with van der Waals surface area (Å²) in [6, 6.07) is 0. The van der Waals surface area contributed by atoms with Crippen LogP contribution in [0.4, 0.5) is 0 Å². The lowest BCUT2D eigenvalue weighted by Crippen LogP contribution is -2.50. The van der Waals surface area contributed by atoms with Crippen molar-refractivity contribution in [2.45, 2.75) is 35.5 Å². The zero-order valence-electron chi connectivity index (χ0n) is 6.90. The van der Waals surface area contributed by atoms with Gasteiger partial charge in [-0.15, -0.1) is 0 Å². The topological polar surface area (TPSA) is 121 Å². The maximum Gasteiger partial charge on any atom is 0.156 e. The third kappa shape index (κ3) is 3.84. The predicted octanol–water partition coefficient (Wildman–Crippen LogP) is -2.46. The monoisotopic (exact) mass is 250 g/mol. The number of alkyl halides is 2. The van der Waals surface area contributed by atoms with Crippen LogP contribution in [0, 0.1) is 0 Å². The molecule has 0 amide bonds. The highest BCUT2D eigenvalue weighted by molar-refractivity contribution is 6.20. The molecule has 0 saturated carbocycles. The normalized spacial score (nSPS) is 24.9. The van der Waals surface area contributed by atoms with E-state index in [9.17, 15) is 0 Å². The van der Waals surface area contributed by atoms with Crippen LogP contribution in [-0.4, -0.2) is 66.2 Å². The van der Waals surface area contributed by atoms with Gasteiger partial charge in [-0.3, -0.25) is 0 Å². The van der Waals surface area contributed by atoms with E-state index in [-0.39, 0.29) is 0 Å². The third-order valence-electron chi connectivity index (χ3n) is 1.61. The molecule has 0 aliphatic heterocycles. The molecule has 14 heavy (non-hydrogen) atoms. The molecule has 0 unspecified atom stereocenters. The fraction of sp³-hybridized carbons (Fsp3) is 1.00. The minimum Gasteiger partial charge on any atom is -0.387 e. The lowest BCUT2D eigenvalue weighted by molar-refractivity contribution is -0.133. The van der Waals surface area contributed by atoms with Gasteiger partial charge >= 0.3 is 0 Å². The van der Waals surface area contributed by atoms with E-state index in [4.69, 9.17) is 53.8 Å². The SMILES string of the molecule is O[C@H]([C@H](O)[C@@H](O)[C@H](O)Cl)[C@@H](O)[C@H](O)Cl. The Labute approximate surface area is 89.9 Å². The molecular weight excluding hydrogens is 239 g/mol. The lowest BCUT2D eigenvalue weighted by atomic mass is 10.0. The Balaban J connectivity index is 4.30. The zero-order valence-corrected chi connectivity index (χ0v) is 8.42. The average molecular weight is 251 g/mol. The van der Waals surface area contributed by atoms with Crippen molar-refractivity contribution in [1.29, 1.82) is 0 Å². The summed E-state index contributed by atoms with van der Waals surface area (Å²) in [6.45, 7) is 0. The first-order chi connectivity index (χ1) is 6.29. The number of aliphatic hydroxyl groups excluding tert-OH is 6. The van der Waals surface area contributed by atoms with E-state index in [0.717, 1.165) is 0 Å². The van der Waals surface area contributed by atoms with Crippen LogP contribution >= 0.6 is 23.2 Å². The molecule has 86 valence electrons. The first-order valence-corrected chi connectivity index (χ1v) is 4.53. The maximum absolute atomic E-state index is 9.10. The predicted molar refractivity (Wildman–Crippen MR) is 47.7 cm³/mol. The first kappa shape index (κ1) is 14.3. The molecule has 0 aromatic carbocycles. The van der Waals surface area contributed by atoms with Gasteiger partial charge in [0, 0.05) is 0 Å². The Bertz CT molecular complexity index is 148. The van der Waals surface area contributed by atoms with Crippen molar-refractivity contribution >= 4 is 23.2 Å². The van der Waals surface area contributed by atoms with E-state index >= 15 is 0 Å². The first-order valence-electron chi connectivity index (χ1n) is 3.65. The second-order valence-electron chi connectivity index (χ2n) is 2.71. The van der Waals surface area contributed by atoms with Crippen molar-refractivity contribution < 1.29 is 30.6 Å². The Morgan fingerprint density at radius 2 is 0.714 bits per heavy atom. The molecule has 0 aromatic heterocycles. The van der Waals surface area contributed by atoms with Gasteiger partial charge in [0.2, 0.25) is 0 Å². The summed E-state index contributed by atoms with van der Waals surface area (Å²) < 4.78 is 0. The van der Waals surface area contributed by atoms with Gasteiger partial charge in [0.05, 0.1) is 0 Å². The Hall–Kier alpha value is 0.340. The molecule has 6 nitrogen and oxygen atoms in total. The molecule has 0 radical (unpaired) electrons. The Kier molecular flexibility index (Phi) is 6.19. The summed E-state index contributed by atoms with van der Waals surface area (Å²) in [6.07, 6.45) is -7.58. The van der Waals surface area contributed by atoms with Gasteiger partial charge in [-0.1, -0.05) is 23.2 Å². The van der Waals surface area contributed by atoms with Crippen LogP contribution in [0.1, 0.15) is 0 Å². The molecule has 0 spiro atoms. The highest BCUT2D eigenvalue weighted by Gasteiger charge is 2.35. The van der Waals surface area contributed by atoms with Gasteiger partial charge in [0.15, 0.2) is 11.1 Å². The third-order valence-corrected chi connectivity index (χ3v) is 2.13. The van der Waals surface area contributed by atoms with Gasteiger partial charge in [-0.05, 0) is 0 Å². The van der Waals surface area contributed by atoms with Gasteiger partial charge in [-0.2, -0.15) is 0 Å². The van der Waals surface area contributed by atoms with E-state index < -0.39 is 35.5 Å². The summed E-state index contributed by atoms with van der Waals surface area (Å²) in [4.78, 5) is 0. The second kappa shape index (κ2) is 6.04. The van der Waals surface area contributed by atoms with Crippen molar-refractivity contribution in [3.05, 3.63) is 0 Å². The van der Waals surface area contributed by atoms with Gasteiger partial charge in [-0.25, -0.2) is 0 Å². The summed E-state index contributed by atoms with van der Waals surface area (Å²) in [5.74, 6) is 0. The van der Waals surface area contributed by atoms with Crippen LogP contribution < -0.4 is 0 Å². The molecule has 0 aliphatic rings. The van der Waals surface area contributed by atoms with Crippen molar-refractivity contribution in [2.24, 2.45) is 0 Å². The number of hydrogen-bond donors (Lipinski definition) is 6. The largest absolute Gasteiger partial charge is 0.387 e. The smallest absolute Gasteiger partial charge is 0.156 e. The molecule has 0 bridgehead atoms. The molecule has 0 heterocycles. The molecule has 6 N–H and O–H groups in total. The van der Waals surface area contributed by atoms with Crippen molar-refractivity contribution in [1.82, 2.24) is 0 Å². The van der Waals surface area contributed by atoms with E-state index in [2.05, 4.69) is 0 Å². The van der Waals surface area contributed by atoms with E-state index in [1.165, 1.54) is 0 Å². The fourth-order valence-electron chi connectivity index (χ4n) is 0.729. The minimum atomic E-state index is -1.93. The quantitative estimate of drug-likeness (QED) is 0.301. The minimum absolute atomic E-state index is 1.81.